The van der Waals surface area contributed by atoms with Gasteiger partial charge in [0.1, 0.15) is 0 Å². The van der Waals surface area contributed by atoms with E-state index in [0.29, 0.717) is 5.92 Å². The Morgan fingerprint density at radius 2 is 1.81 bits per heavy atom. The highest BCUT2D eigenvalue weighted by Crippen LogP contribution is 2.25. The molecule has 0 radical (unpaired) electrons. The van der Waals surface area contributed by atoms with Gasteiger partial charge in [-0.2, -0.15) is 0 Å². The Labute approximate surface area is 101 Å². The molecule has 1 saturated carbocycles. The average Bonchev–Trinajstić information content (AvgIpc) is 2.44. The Balaban J connectivity index is 2.19. The van der Waals surface area contributed by atoms with Crippen LogP contribution < -0.4 is 5.73 Å². The zero-order valence-electron chi connectivity index (χ0n) is 11.1. The highest BCUT2D eigenvalue weighted by atomic mass is 16.5. The number of ether oxygens (including phenoxy) is 1. The predicted octanol–water partition coefficient (Wildman–Crippen LogP) is 3.49. The summed E-state index contributed by atoms with van der Waals surface area (Å²) in [6, 6.07) is 0. The fraction of sp³-hybridized carbons (Fsp3) is 1.00. The third-order valence-corrected chi connectivity index (χ3v) is 3.67. The van der Waals surface area contributed by atoms with Gasteiger partial charge in [-0.25, -0.2) is 0 Å². The third kappa shape index (κ3) is 5.31. The molecule has 0 spiro atoms. The highest BCUT2D eigenvalue weighted by Gasteiger charge is 2.26. The lowest BCUT2D eigenvalue weighted by Crippen LogP contribution is -2.44. The van der Waals surface area contributed by atoms with Crippen molar-refractivity contribution in [1.82, 2.24) is 0 Å². The Hall–Kier alpha value is -0.0800. The van der Waals surface area contributed by atoms with Crippen LogP contribution in [0.2, 0.25) is 0 Å². The van der Waals surface area contributed by atoms with E-state index in [1.54, 1.807) is 0 Å². The molecule has 16 heavy (non-hydrogen) atoms. The lowest BCUT2D eigenvalue weighted by Gasteiger charge is -2.28. The fourth-order valence-electron chi connectivity index (χ4n) is 2.62. The van der Waals surface area contributed by atoms with Crippen molar-refractivity contribution in [1.29, 1.82) is 0 Å². The molecule has 2 heteroatoms. The maximum Gasteiger partial charge on any atom is 0.0646 e. The first-order chi connectivity index (χ1) is 7.66. The maximum absolute atomic E-state index is 6.39. The second kappa shape index (κ2) is 7.29. The van der Waals surface area contributed by atoms with Crippen LogP contribution in [0.1, 0.15) is 65.2 Å². The summed E-state index contributed by atoms with van der Waals surface area (Å²) >= 11 is 0. The SMILES string of the molecule is CCCC(C)COCC1(N)CCCCCC1. The molecule has 1 atom stereocenters. The fourth-order valence-corrected chi connectivity index (χ4v) is 2.62. The van der Waals surface area contributed by atoms with Crippen LogP contribution in [0.5, 0.6) is 0 Å². The van der Waals surface area contributed by atoms with E-state index in [-0.39, 0.29) is 5.54 Å². The Morgan fingerprint density at radius 1 is 1.19 bits per heavy atom. The lowest BCUT2D eigenvalue weighted by atomic mass is 9.92. The van der Waals surface area contributed by atoms with Crippen molar-refractivity contribution < 1.29 is 4.74 Å². The van der Waals surface area contributed by atoms with E-state index in [1.165, 1.54) is 38.5 Å². The molecule has 1 rings (SSSR count). The van der Waals surface area contributed by atoms with Crippen molar-refractivity contribution in [2.75, 3.05) is 13.2 Å². The first-order valence-electron chi connectivity index (χ1n) is 7.03. The van der Waals surface area contributed by atoms with E-state index in [9.17, 15) is 0 Å². The first-order valence-corrected chi connectivity index (χ1v) is 7.03. The van der Waals surface area contributed by atoms with Crippen LogP contribution in [0.15, 0.2) is 0 Å². The Kier molecular flexibility index (Phi) is 6.37. The molecule has 0 bridgehead atoms. The van der Waals surface area contributed by atoms with Gasteiger partial charge in [0.25, 0.3) is 0 Å². The summed E-state index contributed by atoms with van der Waals surface area (Å²) in [5, 5.41) is 0. The minimum absolute atomic E-state index is 0.0254. The van der Waals surface area contributed by atoms with Crippen molar-refractivity contribution in [2.24, 2.45) is 11.7 Å². The molecule has 0 aliphatic heterocycles. The average molecular weight is 227 g/mol. The van der Waals surface area contributed by atoms with Crippen LogP contribution >= 0.6 is 0 Å². The van der Waals surface area contributed by atoms with E-state index in [1.807, 2.05) is 0 Å². The number of hydrogen-bond donors (Lipinski definition) is 1. The molecule has 0 aromatic rings. The highest BCUT2D eigenvalue weighted by molar-refractivity contribution is 4.85. The number of nitrogens with two attached hydrogens (primary N) is 1. The van der Waals surface area contributed by atoms with Gasteiger partial charge in [0, 0.05) is 12.1 Å². The van der Waals surface area contributed by atoms with Crippen LogP contribution in [0.25, 0.3) is 0 Å². The molecule has 1 aliphatic carbocycles. The molecule has 0 amide bonds. The number of rotatable bonds is 6. The van der Waals surface area contributed by atoms with Gasteiger partial charge in [-0.3, -0.25) is 0 Å². The van der Waals surface area contributed by atoms with Crippen molar-refractivity contribution in [3.63, 3.8) is 0 Å². The van der Waals surface area contributed by atoms with E-state index >= 15 is 0 Å². The van der Waals surface area contributed by atoms with E-state index in [0.717, 1.165) is 26.1 Å². The molecular weight excluding hydrogens is 198 g/mol. The molecule has 1 unspecified atom stereocenters. The largest absolute Gasteiger partial charge is 0.379 e. The summed E-state index contributed by atoms with van der Waals surface area (Å²) in [6.07, 6.45) is 10.1. The topological polar surface area (TPSA) is 35.2 Å². The molecular formula is C14H29NO. The van der Waals surface area contributed by atoms with Crippen molar-refractivity contribution in [2.45, 2.75) is 70.8 Å². The van der Waals surface area contributed by atoms with Crippen molar-refractivity contribution in [3.8, 4) is 0 Å². The quantitative estimate of drug-likeness (QED) is 0.705. The molecule has 0 aromatic heterocycles. The van der Waals surface area contributed by atoms with E-state index in [2.05, 4.69) is 13.8 Å². The smallest absolute Gasteiger partial charge is 0.0646 e. The Morgan fingerprint density at radius 3 is 2.38 bits per heavy atom. The van der Waals surface area contributed by atoms with Crippen LogP contribution in [-0.4, -0.2) is 18.8 Å². The molecule has 1 fully saturated rings. The van der Waals surface area contributed by atoms with Gasteiger partial charge < -0.3 is 10.5 Å². The van der Waals surface area contributed by atoms with Crippen LogP contribution in [-0.2, 0) is 4.74 Å². The lowest BCUT2D eigenvalue weighted by molar-refractivity contribution is 0.0557. The van der Waals surface area contributed by atoms with Crippen LogP contribution in [0.4, 0.5) is 0 Å². The van der Waals surface area contributed by atoms with Crippen molar-refractivity contribution in [3.05, 3.63) is 0 Å². The zero-order valence-corrected chi connectivity index (χ0v) is 11.1. The third-order valence-electron chi connectivity index (χ3n) is 3.67. The Bertz CT molecular complexity index is 174. The van der Waals surface area contributed by atoms with Gasteiger partial charge in [0.15, 0.2) is 0 Å². The zero-order chi connectivity index (χ0) is 11.9. The standard InChI is InChI=1S/C14H29NO/c1-3-8-13(2)11-16-12-14(15)9-6-4-5-7-10-14/h13H,3-12,15H2,1-2H3. The van der Waals surface area contributed by atoms with Crippen LogP contribution in [0, 0.1) is 5.92 Å². The summed E-state index contributed by atoms with van der Waals surface area (Å²) in [4.78, 5) is 0. The summed E-state index contributed by atoms with van der Waals surface area (Å²) in [5.41, 5.74) is 6.37. The van der Waals surface area contributed by atoms with Gasteiger partial charge in [0.05, 0.1) is 6.61 Å². The number of hydrogen-bond acceptors (Lipinski definition) is 2. The van der Waals surface area contributed by atoms with Gasteiger partial charge >= 0.3 is 0 Å². The van der Waals surface area contributed by atoms with Gasteiger partial charge in [-0.1, -0.05) is 46.0 Å². The first kappa shape index (κ1) is 14.0. The van der Waals surface area contributed by atoms with E-state index in [4.69, 9.17) is 10.5 Å². The second-order valence-corrected chi connectivity index (χ2v) is 5.69. The predicted molar refractivity (Wildman–Crippen MR) is 69.5 cm³/mol. The second-order valence-electron chi connectivity index (χ2n) is 5.69. The summed E-state index contributed by atoms with van der Waals surface area (Å²) in [6.45, 7) is 6.14. The molecule has 2 nitrogen and oxygen atoms in total. The summed E-state index contributed by atoms with van der Waals surface area (Å²) in [7, 11) is 0. The molecule has 96 valence electrons. The molecule has 2 N–H and O–H groups in total. The van der Waals surface area contributed by atoms with Gasteiger partial charge in [-0.05, 0) is 25.2 Å². The normalized spacial score (nSPS) is 22.7. The van der Waals surface area contributed by atoms with E-state index < -0.39 is 0 Å². The monoisotopic (exact) mass is 227 g/mol. The van der Waals surface area contributed by atoms with Gasteiger partial charge in [0.2, 0.25) is 0 Å². The molecule has 0 heterocycles. The van der Waals surface area contributed by atoms with Crippen molar-refractivity contribution >= 4 is 0 Å². The maximum atomic E-state index is 6.39. The molecule has 0 aromatic carbocycles. The van der Waals surface area contributed by atoms with Gasteiger partial charge in [-0.15, -0.1) is 0 Å². The minimum Gasteiger partial charge on any atom is -0.379 e. The van der Waals surface area contributed by atoms with Crippen LogP contribution in [0.3, 0.4) is 0 Å². The molecule has 0 saturated heterocycles. The minimum atomic E-state index is -0.0254. The molecule has 1 aliphatic rings. The summed E-state index contributed by atoms with van der Waals surface area (Å²) < 4.78 is 5.82. The summed E-state index contributed by atoms with van der Waals surface area (Å²) in [5.74, 6) is 0.680.